The summed E-state index contributed by atoms with van der Waals surface area (Å²) in [6.45, 7) is 4.46. The molecule has 1 atom stereocenters. The van der Waals surface area contributed by atoms with Gasteiger partial charge in [0.15, 0.2) is 0 Å². The zero-order chi connectivity index (χ0) is 10.3. The summed E-state index contributed by atoms with van der Waals surface area (Å²) in [6.07, 6.45) is 6.38. The Hall–Kier alpha value is -0.830. The van der Waals surface area contributed by atoms with Gasteiger partial charge in [0.25, 0.3) is 0 Å². The quantitative estimate of drug-likeness (QED) is 0.755. The average Bonchev–Trinajstić information content (AvgIpc) is 2.82. The van der Waals surface area contributed by atoms with Crippen molar-refractivity contribution in [2.75, 3.05) is 13.1 Å². The highest BCUT2D eigenvalue weighted by atomic mass is 15.2. The fraction of sp³-hybridized carbons (Fsp3) is 0.750. The lowest BCUT2D eigenvalue weighted by molar-refractivity contribution is 0.501. The molecule has 1 aromatic rings. The number of nitrogens with zero attached hydrogens (tertiary/aromatic N) is 2. The SMILES string of the molecule is Cc1nc2c(n1[C@H]1CCNC1)CCCC2. The number of hydrogen-bond acceptors (Lipinski definition) is 2. The van der Waals surface area contributed by atoms with Crippen LogP contribution in [0.4, 0.5) is 0 Å². The molecule has 0 spiro atoms. The third-order valence-corrected chi connectivity index (χ3v) is 3.75. The van der Waals surface area contributed by atoms with Crippen molar-refractivity contribution in [1.82, 2.24) is 14.9 Å². The maximum absolute atomic E-state index is 4.73. The first-order valence-electron chi connectivity index (χ1n) is 6.13. The summed E-state index contributed by atoms with van der Waals surface area (Å²) in [5.41, 5.74) is 2.91. The van der Waals surface area contributed by atoms with Crippen LogP contribution >= 0.6 is 0 Å². The van der Waals surface area contributed by atoms with E-state index in [4.69, 9.17) is 4.98 Å². The molecule has 3 rings (SSSR count). The van der Waals surface area contributed by atoms with E-state index < -0.39 is 0 Å². The summed E-state index contributed by atoms with van der Waals surface area (Å²) in [6, 6.07) is 0.666. The maximum atomic E-state index is 4.73. The van der Waals surface area contributed by atoms with E-state index in [9.17, 15) is 0 Å². The zero-order valence-electron chi connectivity index (χ0n) is 9.42. The number of hydrogen-bond donors (Lipinski definition) is 1. The minimum atomic E-state index is 0.666. The van der Waals surface area contributed by atoms with Crippen LogP contribution in [-0.2, 0) is 12.8 Å². The van der Waals surface area contributed by atoms with Crippen molar-refractivity contribution >= 4 is 0 Å². The number of rotatable bonds is 1. The molecule has 3 heteroatoms. The number of nitrogens with one attached hydrogen (secondary N) is 1. The van der Waals surface area contributed by atoms with Crippen LogP contribution in [0.3, 0.4) is 0 Å². The minimum absolute atomic E-state index is 0.666. The topological polar surface area (TPSA) is 29.9 Å². The maximum Gasteiger partial charge on any atom is 0.106 e. The van der Waals surface area contributed by atoms with Crippen LogP contribution in [0.15, 0.2) is 0 Å². The molecule has 0 amide bonds. The van der Waals surface area contributed by atoms with Crippen LogP contribution in [0.2, 0.25) is 0 Å². The molecule has 0 bridgehead atoms. The van der Waals surface area contributed by atoms with E-state index in [0.717, 1.165) is 13.1 Å². The molecule has 0 aromatic carbocycles. The van der Waals surface area contributed by atoms with Crippen LogP contribution in [0.1, 0.15) is 42.5 Å². The molecule has 1 aliphatic heterocycles. The van der Waals surface area contributed by atoms with Crippen LogP contribution in [0, 0.1) is 6.92 Å². The zero-order valence-corrected chi connectivity index (χ0v) is 9.42. The second kappa shape index (κ2) is 3.63. The Bertz CT molecular complexity index is 361. The van der Waals surface area contributed by atoms with E-state index in [2.05, 4.69) is 16.8 Å². The molecular formula is C12H19N3. The molecule has 1 aliphatic carbocycles. The highest BCUT2D eigenvalue weighted by Crippen LogP contribution is 2.27. The van der Waals surface area contributed by atoms with Gasteiger partial charge in [0.2, 0.25) is 0 Å². The fourth-order valence-corrected chi connectivity index (χ4v) is 3.04. The fourth-order valence-electron chi connectivity index (χ4n) is 3.04. The van der Waals surface area contributed by atoms with Gasteiger partial charge >= 0.3 is 0 Å². The first-order valence-corrected chi connectivity index (χ1v) is 6.13. The molecule has 1 aromatic heterocycles. The van der Waals surface area contributed by atoms with E-state index in [1.807, 2.05) is 0 Å². The Morgan fingerprint density at radius 2 is 2.20 bits per heavy atom. The van der Waals surface area contributed by atoms with Gasteiger partial charge in [-0.05, 0) is 45.6 Å². The summed E-state index contributed by atoms with van der Waals surface area (Å²) in [5, 5.41) is 3.45. The molecule has 0 saturated carbocycles. The third-order valence-electron chi connectivity index (χ3n) is 3.75. The van der Waals surface area contributed by atoms with Gasteiger partial charge in [-0.3, -0.25) is 0 Å². The summed E-state index contributed by atoms with van der Waals surface area (Å²) < 4.78 is 2.51. The summed E-state index contributed by atoms with van der Waals surface area (Å²) in [5.74, 6) is 1.23. The normalized spacial score (nSPS) is 25.5. The molecule has 15 heavy (non-hydrogen) atoms. The van der Waals surface area contributed by atoms with Gasteiger partial charge in [-0.25, -0.2) is 4.98 Å². The van der Waals surface area contributed by atoms with Crippen molar-refractivity contribution in [1.29, 1.82) is 0 Å². The van der Waals surface area contributed by atoms with Gasteiger partial charge in [-0.1, -0.05) is 0 Å². The Labute approximate surface area is 90.9 Å². The molecule has 82 valence electrons. The van der Waals surface area contributed by atoms with Crippen molar-refractivity contribution in [3.05, 3.63) is 17.2 Å². The lowest BCUT2D eigenvalue weighted by atomic mass is 10.0. The number of imidazole rings is 1. The number of fused-ring (bicyclic) bond motifs is 1. The van der Waals surface area contributed by atoms with Gasteiger partial charge in [-0.2, -0.15) is 0 Å². The molecule has 0 unspecified atom stereocenters. The smallest absolute Gasteiger partial charge is 0.106 e. The predicted molar refractivity (Wildman–Crippen MR) is 60.1 cm³/mol. The second-order valence-corrected chi connectivity index (χ2v) is 4.78. The number of aromatic nitrogens is 2. The van der Waals surface area contributed by atoms with Crippen LogP contribution in [0.5, 0.6) is 0 Å². The van der Waals surface area contributed by atoms with Crippen LogP contribution in [-0.4, -0.2) is 22.6 Å². The first kappa shape index (κ1) is 9.40. The first-order chi connectivity index (χ1) is 7.36. The second-order valence-electron chi connectivity index (χ2n) is 4.78. The van der Waals surface area contributed by atoms with E-state index in [0.29, 0.717) is 6.04 Å². The molecule has 3 nitrogen and oxygen atoms in total. The van der Waals surface area contributed by atoms with Crippen molar-refractivity contribution in [2.45, 2.75) is 45.1 Å². The molecule has 1 N–H and O–H groups in total. The molecule has 2 aliphatic rings. The van der Waals surface area contributed by atoms with E-state index in [1.165, 1.54) is 49.3 Å². The molecule has 1 saturated heterocycles. The van der Waals surface area contributed by atoms with E-state index >= 15 is 0 Å². The Morgan fingerprint density at radius 3 is 3.00 bits per heavy atom. The van der Waals surface area contributed by atoms with E-state index in [1.54, 1.807) is 0 Å². The van der Waals surface area contributed by atoms with Crippen molar-refractivity contribution < 1.29 is 0 Å². The standard InChI is InChI=1S/C12H19N3/c1-9-14-11-4-2-3-5-12(11)15(9)10-6-7-13-8-10/h10,13H,2-8H2,1H3/t10-/m0/s1. The molecule has 1 fully saturated rings. The lowest BCUT2D eigenvalue weighted by Gasteiger charge is -2.19. The highest BCUT2D eigenvalue weighted by Gasteiger charge is 2.24. The highest BCUT2D eigenvalue weighted by molar-refractivity contribution is 5.21. The summed E-state index contributed by atoms with van der Waals surface area (Å²) in [4.78, 5) is 4.73. The van der Waals surface area contributed by atoms with Crippen LogP contribution in [0.25, 0.3) is 0 Å². The third kappa shape index (κ3) is 1.49. The van der Waals surface area contributed by atoms with Gasteiger partial charge in [0, 0.05) is 18.3 Å². The lowest BCUT2D eigenvalue weighted by Crippen LogP contribution is -2.18. The van der Waals surface area contributed by atoms with Gasteiger partial charge in [0.05, 0.1) is 5.69 Å². The molecule has 2 heterocycles. The largest absolute Gasteiger partial charge is 0.328 e. The number of aryl methyl sites for hydroxylation is 2. The summed E-state index contributed by atoms with van der Waals surface area (Å²) in [7, 11) is 0. The van der Waals surface area contributed by atoms with Gasteiger partial charge < -0.3 is 9.88 Å². The minimum Gasteiger partial charge on any atom is -0.328 e. The van der Waals surface area contributed by atoms with Crippen LogP contribution < -0.4 is 5.32 Å². The van der Waals surface area contributed by atoms with Gasteiger partial charge in [0.1, 0.15) is 5.82 Å². The Kier molecular flexibility index (Phi) is 2.28. The predicted octanol–water partition coefficient (Wildman–Crippen LogP) is 1.60. The molecular weight excluding hydrogens is 186 g/mol. The molecule has 0 radical (unpaired) electrons. The monoisotopic (exact) mass is 205 g/mol. The van der Waals surface area contributed by atoms with Gasteiger partial charge in [-0.15, -0.1) is 0 Å². The average molecular weight is 205 g/mol. The Balaban J connectivity index is 2.01. The van der Waals surface area contributed by atoms with Crippen molar-refractivity contribution in [2.24, 2.45) is 0 Å². The van der Waals surface area contributed by atoms with E-state index in [-0.39, 0.29) is 0 Å². The summed E-state index contributed by atoms with van der Waals surface area (Å²) >= 11 is 0. The Morgan fingerprint density at radius 1 is 1.33 bits per heavy atom. The van der Waals surface area contributed by atoms with Crippen molar-refractivity contribution in [3.63, 3.8) is 0 Å². The van der Waals surface area contributed by atoms with Crippen molar-refractivity contribution in [3.8, 4) is 0 Å².